The predicted molar refractivity (Wildman–Crippen MR) is 138 cm³/mol. The highest BCUT2D eigenvalue weighted by atomic mass is 79.9. The van der Waals surface area contributed by atoms with Crippen LogP contribution in [0.1, 0.15) is 11.1 Å². The van der Waals surface area contributed by atoms with Gasteiger partial charge in [-0.15, -0.1) is 0 Å². The summed E-state index contributed by atoms with van der Waals surface area (Å²) in [6.07, 6.45) is 1.38. The van der Waals surface area contributed by atoms with Crippen LogP contribution in [0.25, 0.3) is 6.08 Å². The molecule has 1 N–H and O–H groups in total. The summed E-state index contributed by atoms with van der Waals surface area (Å²) in [5.41, 5.74) is 1.21. The van der Waals surface area contributed by atoms with E-state index in [1.807, 2.05) is 30.3 Å². The predicted octanol–water partition coefficient (Wildman–Crippen LogP) is 5.37. The zero-order chi connectivity index (χ0) is 25.8. The van der Waals surface area contributed by atoms with Crippen LogP contribution in [-0.2, 0) is 16.2 Å². The lowest BCUT2D eigenvalue weighted by atomic mass is 10.1. The van der Waals surface area contributed by atoms with Gasteiger partial charge in [-0.2, -0.15) is 0 Å². The average Bonchev–Trinajstić information content (AvgIpc) is 2.87. The summed E-state index contributed by atoms with van der Waals surface area (Å²) in [6, 6.07) is 16.6. The second-order valence-corrected chi connectivity index (χ2v) is 8.90. The van der Waals surface area contributed by atoms with Crippen molar-refractivity contribution >= 4 is 57.1 Å². The van der Waals surface area contributed by atoms with Gasteiger partial charge >= 0.3 is 6.03 Å². The van der Waals surface area contributed by atoms with Crippen molar-refractivity contribution in [2.24, 2.45) is 0 Å². The van der Waals surface area contributed by atoms with Crippen molar-refractivity contribution in [3.05, 3.63) is 86.9 Å². The summed E-state index contributed by atoms with van der Waals surface area (Å²) in [5, 5.41) is 2.43. The standard InChI is InChI=1S/C26H20BrClN2O6/c1-34-22-13-20(23(35-2)12-19(22)28)30-25(32)18(24(31)29-26(30)33)11-16-10-17(27)8-9-21(16)36-14-15-6-4-3-5-7-15/h3-13H,14H2,1-2H3,(H,29,31,33)/b18-11+. The van der Waals surface area contributed by atoms with E-state index in [1.165, 1.54) is 32.4 Å². The highest BCUT2D eigenvalue weighted by molar-refractivity contribution is 9.10. The molecule has 0 atom stereocenters. The fourth-order valence-corrected chi connectivity index (χ4v) is 4.16. The van der Waals surface area contributed by atoms with Crippen molar-refractivity contribution in [3.63, 3.8) is 0 Å². The molecule has 1 aliphatic heterocycles. The van der Waals surface area contributed by atoms with Gasteiger partial charge in [0.15, 0.2) is 0 Å². The number of nitrogens with zero attached hydrogens (tertiary/aromatic N) is 1. The van der Waals surface area contributed by atoms with Gasteiger partial charge < -0.3 is 14.2 Å². The molecule has 0 radical (unpaired) electrons. The first-order chi connectivity index (χ1) is 17.3. The number of hydrogen-bond donors (Lipinski definition) is 1. The van der Waals surface area contributed by atoms with Crippen LogP contribution in [0.2, 0.25) is 5.02 Å². The Morgan fingerprint density at radius 3 is 2.36 bits per heavy atom. The fraction of sp³-hybridized carbons (Fsp3) is 0.115. The Kier molecular flexibility index (Phi) is 7.61. The van der Waals surface area contributed by atoms with Crippen molar-refractivity contribution < 1.29 is 28.6 Å². The van der Waals surface area contributed by atoms with Crippen molar-refractivity contribution in [2.75, 3.05) is 19.1 Å². The normalized spacial score (nSPS) is 14.6. The second-order valence-electron chi connectivity index (χ2n) is 7.57. The summed E-state index contributed by atoms with van der Waals surface area (Å²) in [6.45, 7) is 0.283. The number of amides is 4. The van der Waals surface area contributed by atoms with E-state index in [9.17, 15) is 14.4 Å². The van der Waals surface area contributed by atoms with Crippen LogP contribution in [-0.4, -0.2) is 32.1 Å². The number of barbiturate groups is 1. The summed E-state index contributed by atoms with van der Waals surface area (Å²) in [7, 11) is 2.77. The Morgan fingerprint density at radius 1 is 0.944 bits per heavy atom. The van der Waals surface area contributed by atoms with Gasteiger partial charge in [0.05, 0.1) is 24.9 Å². The quantitative estimate of drug-likeness (QED) is 0.303. The number of halogens is 2. The van der Waals surface area contributed by atoms with Crippen LogP contribution in [0, 0.1) is 0 Å². The molecule has 0 aromatic heterocycles. The molecule has 184 valence electrons. The van der Waals surface area contributed by atoms with Crippen LogP contribution in [0.3, 0.4) is 0 Å². The third-order valence-corrected chi connectivity index (χ3v) is 6.09. The maximum absolute atomic E-state index is 13.5. The molecule has 36 heavy (non-hydrogen) atoms. The van der Waals surface area contributed by atoms with Crippen LogP contribution in [0.15, 0.2) is 70.7 Å². The van der Waals surface area contributed by atoms with Crippen LogP contribution < -0.4 is 24.4 Å². The lowest BCUT2D eigenvalue weighted by Gasteiger charge is -2.28. The molecule has 0 saturated carbocycles. The van der Waals surface area contributed by atoms with Gasteiger partial charge in [-0.05, 0) is 29.8 Å². The van der Waals surface area contributed by atoms with Crippen molar-refractivity contribution in [1.29, 1.82) is 0 Å². The number of urea groups is 1. The van der Waals surface area contributed by atoms with Crippen molar-refractivity contribution in [3.8, 4) is 17.2 Å². The highest BCUT2D eigenvalue weighted by Gasteiger charge is 2.38. The Balaban J connectivity index is 1.73. The zero-order valence-corrected chi connectivity index (χ0v) is 21.6. The Labute approximate surface area is 220 Å². The molecule has 0 unspecified atom stereocenters. The Bertz CT molecular complexity index is 1380. The van der Waals surface area contributed by atoms with Gasteiger partial charge in [-0.1, -0.05) is 57.9 Å². The Hall–Kier alpha value is -3.82. The van der Waals surface area contributed by atoms with Gasteiger partial charge in [0.2, 0.25) is 0 Å². The lowest BCUT2D eigenvalue weighted by molar-refractivity contribution is -0.122. The number of imide groups is 2. The van der Waals surface area contributed by atoms with Crippen LogP contribution in [0.5, 0.6) is 17.2 Å². The second kappa shape index (κ2) is 10.8. The van der Waals surface area contributed by atoms with E-state index in [1.54, 1.807) is 18.2 Å². The monoisotopic (exact) mass is 570 g/mol. The zero-order valence-electron chi connectivity index (χ0n) is 19.2. The highest BCUT2D eigenvalue weighted by Crippen LogP contribution is 2.39. The smallest absolute Gasteiger partial charge is 0.336 e. The molecule has 0 bridgehead atoms. The number of anilines is 1. The molecule has 3 aromatic rings. The number of rotatable bonds is 7. The number of nitrogens with one attached hydrogen (secondary N) is 1. The first-order valence-corrected chi connectivity index (χ1v) is 11.8. The average molecular weight is 572 g/mol. The molecule has 0 aliphatic carbocycles. The third kappa shape index (κ3) is 5.22. The van der Waals surface area contributed by atoms with E-state index in [2.05, 4.69) is 21.2 Å². The molecule has 1 aliphatic rings. The number of carbonyl (C=O) groups excluding carboxylic acids is 3. The van der Waals surface area contributed by atoms with Crippen molar-refractivity contribution in [1.82, 2.24) is 5.32 Å². The maximum atomic E-state index is 13.5. The fourth-order valence-electron chi connectivity index (χ4n) is 3.55. The van der Waals surface area contributed by atoms with E-state index in [0.717, 1.165) is 10.5 Å². The van der Waals surface area contributed by atoms with Gasteiger partial charge in [0.1, 0.15) is 29.4 Å². The molecular formula is C26H20BrClN2O6. The minimum absolute atomic E-state index is 0.0643. The van der Waals surface area contributed by atoms with E-state index in [0.29, 0.717) is 15.8 Å². The van der Waals surface area contributed by atoms with E-state index in [-0.39, 0.29) is 34.4 Å². The molecule has 4 amide bonds. The summed E-state index contributed by atoms with van der Waals surface area (Å²) in [4.78, 5) is 39.7. The van der Waals surface area contributed by atoms with Crippen LogP contribution in [0.4, 0.5) is 10.5 Å². The molecule has 1 fully saturated rings. The first-order valence-electron chi connectivity index (χ1n) is 10.6. The SMILES string of the molecule is COc1cc(N2C(=O)NC(=O)/C(=C\c3cc(Br)ccc3OCc3ccccc3)C2=O)c(OC)cc1Cl. The number of benzene rings is 3. The topological polar surface area (TPSA) is 94.2 Å². The van der Waals surface area contributed by atoms with Gasteiger partial charge in [-0.3, -0.25) is 14.9 Å². The molecule has 0 spiro atoms. The van der Waals surface area contributed by atoms with Crippen molar-refractivity contribution in [2.45, 2.75) is 6.61 Å². The van der Waals surface area contributed by atoms with E-state index < -0.39 is 17.8 Å². The van der Waals surface area contributed by atoms with Gasteiger partial charge in [0.25, 0.3) is 11.8 Å². The third-order valence-electron chi connectivity index (χ3n) is 5.30. The number of methoxy groups -OCH3 is 2. The molecule has 3 aromatic carbocycles. The molecule has 1 saturated heterocycles. The summed E-state index contributed by atoms with van der Waals surface area (Å²) in [5.74, 6) is -0.869. The van der Waals surface area contributed by atoms with Crippen LogP contribution >= 0.6 is 27.5 Å². The van der Waals surface area contributed by atoms with Gasteiger partial charge in [0, 0.05) is 22.2 Å². The largest absolute Gasteiger partial charge is 0.495 e. The minimum Gasteiger partial charge on any atom is -0.495 e. The molecule has 1 heterocycles. The van der Waals surface area contributed by atoms with Gasteiger partial charge in [-0.25, -0.2) is 9.69 Å². The van der Waals surface area contributed by atoms with E-state index in [4.69, 9.17) is 25.8 Å². The molecule has 4 rings (SSSR count). The summed E-state index contributed by atoms with van der Waals surface area (Å²) >= 11 is 9.57. The summed E-state index contributed by atoms with van der Waals surface area (Å²) < 4.78 is 17.2. The number of hydrogen-bond acceptors (Lipinski definition) is 6. The van der Waals surface area contributed by atoms with E-state index >= 15 is 0 Å². The number of ether oxygens (including phenoxy) is 3. The Morgan fingerprint density at radius 2 is 1.67 bits per heavy atom. The minimum atomic E-state index is -0.931. The molecule has 8 nitrogen and oxygen atoms in total. The first kappa shape index (κ1) is 25.3. The molecular weight excluding hydrogens is 552 g/mol. The molecule has 10 heteroatoms. The maximum Gasteiger partial charge on any atom is 0.336 e. The number of carbonyl (C=O) groups is 3. The lowest BCUT2D eigenvalue weighted by Crippen LogP contribution is -2.54.